The molecule has 0 saturated heterocycles. The number of hydrogen-bond acceptors (Lipinski definition) is 4. The fraction of sp³-hybridized carbons (Fsp3) is 0.133. The lowest BCUT2D eigenvalue weighted by Gasteiger charge is -2.07. The van der Waals surface area contributed by atoms with Gasteiger partial charge in [-0.25, -0.2) is 4.79 Å². The van der Waals surface area contributed by atoms with Gasteiger partial charge < -0.3 is 14.9 Å². The second kappa shape index (κ2) is 6.24. The van der Waals surface area contributed by atoms with E-state index in [1.807, 2.05) is 12.1 Å². The Morgan fingerprint density at radius 3 is 2.80 bits per heavy atom. The monoisotopic (exact) mass is 288 g/mol. The second-order valence-electron chi connectivity index (χ2n) is 3.84. The quantitative estimate of drug-likeness (QED) is 0.851. The van der Waals surface area contributed by atoms with Crippen molar-refractivity contribution in [3.63, 3.8) is 0 Å². The number of aromatic carboxylic acids is 1. The molecule has 0 radical (unpaired) electrons. The fourth-order valence-corrected chi connectivity index (χ4v) is 2.61. The van der Waals surface area contributed by atoms with Crippen molar-refractivity contribution in [1.29, 1.82) is 0 Å². The lowest BCUT2D eigenvalue weighted by Crippen LogP contribution is -1.97. The number of methoxy groups -OCH3 is 1. The van der Waals surface area contributed by atoms with Crippen molar-refractivity contribution in [1.82, 2.24) is 0 Å². The molecule has 0 spiro atoms. The standard InChI is InChI=1S/C15H12O4S/c1-19-13-6-4-10(15(17)18)9-12(13)14-7-5-11(20-14)3-2-8-16/h4-7,9,16H,8H2,1H3,(H,17,18). The van der Waals surface area contributed by atoms with Gasteiger partial charge in [0.25, 0.3) is 0 Å². The van der Waals surface area contributed by atoms with Crippen LogP contribution in [-0.4, -0.2) is 29.9 Å². The number of carboxylic acid groups (broad SMARTS) is 1. The van der Waals surface area contributed by atoms with Crippen molar-refractivity contribution in [3.05, 3.63) is 40.8 Å². The summed E-state index contributed by atoms with van der Waals surface area (Å²) in [5, 5.41) is 17.7. The number of benzene rings is 1. The molecule has 20 heavy (non-hydrogen) atoms. The maximum atomic E-state index is 11.0. The smallest absolute Gasteiger partial charge is 0.335 e. The molecule has 102 valence electrons. The first-order chi connectivity index (χ1) is 9.65. The highest BCUT2D eigenvalue weighted by Gasteiger charge is 2.12. The van der Waals surface area contributed by atoms with Gasteiger partial charge in [-0.1, -0.05) is 11.8 Å². The minimum absolute atomic E-state index is 0.189. The molecule has 0 amide bonds. The van der Waals surface area contributed by atoms with Gasteiger partial charge in [-0.05, 0) is 30.3 Å². The molecule has 1 aromatic heterocycles. The molecule has 1 heterocycles. The van der Waals surface area contributed by atoms with E-state index in [9.17, 15) is 4.79 Å². The molecule has 0 fully saturated rings. The molecule has 0 aliphatic rings. The summed E-state index contributed by atoms with van der Waals surface area (Å²) in [5.41, 5.74) is 0.923. The molecule has 2 N–H and O–H groups in total. The van der Waals surface area contributed by atoms with Crippen LogP contribution in [0.1, 0.15) is 15.2 Å². The maximum absolute atomic E-state index is 11.0. The Morgan fingerprint density at radius 2 is 2.15 bits per heavy atom. The topological polar surface area (TPSA) is 66.8 Å². The van der Waals surface area contributed by atoms with Crippen LogP contribution in [-0.2, 0) is 0 Å². The van der Waals surface area contributed by atoms with Crippen LogP contribution in [0.5, 0.6) is 5.75 Å². The van der Waals surface area contributed by atoms with Crippen LogP contribution in [0.3, 0.4) is 0 Å². The van der Waals surface area contributed by atoms with Crippen LogP contribution in [0.2, 0.25) is 0 Å². The van der Waals surface area contributed by atoms with Crippen LogP contribution in [0.25, 0.3) is 10.4 Å². The van der Waals surface area contributed by atoms with Gasteiger partial charge in [0.05, 0.1) is 17.6 Å². The molecule has 1 aromatic carbocycles. The molecule has 0 aliphatic carbocycles. The zero-order chi connectivity index (χ0) is 14.5. The minimum Gasteiger partial charge on any atom is -0.496 e. The van der Waals surface area contributed by atoms with Crippen molar-refractivity contribution in [2.75, 3.05) is 13.7 Å². The predicted molar refractivity (Wildman–Crippen MR) is 77.2 cm³/mol. The summed E-state index contributed by atoms with van der Waals surface area (Å²) in [6.07, 6.45) is 0. The van der Waals surface area contributed by atoms with Gasteiger partial charge in [0.2, 0.25) is 0 Å². The van der Waals surface area contributed by atoms with E-state index in [1.165, 1.54) is 17.4 Å². The Bertz CT molecular complexity index is 691. The summed E-state index contributed by atoms with van der Waals surface area (Å²) >= 11 is 1.42. The number of aliphatic hydroxyl groups is 1. The average Bonchev–Trinajstić information content (AvgIpc) is 2.93. The van der Waals surface area contributed by atoms with E-state index in [1.54, 1.807) is 19.2 Å². The number of carbonyl (C=O) groups is 1. The molecule has 0 unspecified atom stereocenters. The number of rotatable bonds is 3. The summed E-state index contributed by atoms with van der Waals surface area (Å²) in [7, 11) is 1.54. The van der Waals surface area contributed by atoms with Crippen molar-refractivity contribution in [2.24, 2.45) is 0 Å². The van der Waals surface area contributed by atoms with Crippen LogP contribution in [0.15, 0.2) is 30.3 Å². The maximum Gasteiger partial charge on any atom is 0.335 e. The molecular weight excluding hydrogens is 276 g/mol. The first-order valence-electron chi connectivity index (χ1n) is 5.77. The van der Waals surface area contributed by atoms with Gasteiger partial charge in [-0.15, -0.1) is 11.3 Å². The molecule has 2 aromatic rings. The Morgan fingerprint density at radius 1 is 1.35 bits per heavy atom. The summed E-state index contributed by atoms with van der Waals surface area (Å²) in [5.74, 6) is 5.03. The van der Waals surface area contributed by atoms with Gasteiger partial charge in [0, 0.05) is 10.4 Å². The van der Waals surface area contributed by atoms with E-state index in [0.29, 0.717) is 5.75 Å². The number of ether oxygens (including phenoxy) is 1. The highest BCUT2D eigenvalue weighted by Crippen LogP contribution is 2.35. The Kier molecular flexibility index (Phi) is 4.41. The Balaban J connectivity index is 2.47. The van der Waals surface area contributed by atoms with E-state index in [2.05, 4.69) is 11.8 Å². The number of aliphatic hydroxyl groups excluding tert-OH is 1. The number of carboxylic acids is 1. The number of thiophene rings is 1. The van der Waals surface area contributed by atoms with E-state index in [4.69, 9.17) is 14.9 Å². The lowest BCUT2D eigenvalue weighted by atomic mass is 10.1. The van der Waals surface area contributed by atoms with Gasteiger partial charge in [-0.3, -0.25) is 0 Å². The summed E-state index contributed by atoms with van der Waals surface area (Å²) in [6, 6.07) is 8.41. The van der Waals surface area contributed by atoms with E-state index in [-0.39, 0.29) is 12.2 Å². The molecule has 4 nitrogen and oxygen atoms in total. The molecule has 5 heteroatoms. The number of hydrogen-bond donors (Lipinski definition) is 2. The third kappa shape index (κ3) is 2.99. The van der Waals surface area contributed by atoms with Gasteiger partial charge in [-0.2, -0.15) is 0 Å². The normalized spacial score (nSPS) is 9.70. The summed E-state index contributed by atoms with van der Waals surface area (Å²) < 4.78 is 5.26. The van der Waals surface area contributed by atoms with Crippen LogP contribution >= 0.6 is 11.3 Å². The highest BCUT2D eigenvalue weighted by atomic mass is 32.1. The van der Waals surface area contributed by atoms with Crippen molar-refractivity contribution in [2.45, 2.75) is 0 Å². The highest BCUT2D eigenvalue weighted by molar-refractivity contribution is 7.16. The predicted octanol–water partition coefficient (Wildman–Crippen LogP) is 2.47. The van der Waals surface area contributed by atoms with Gasteiger partial charge in [0.1, 0.15) is 12.4 Å². The van der Waals surface area contributed by atoms with Gasteiger partial charge >= 0.3 is 5.97 Å². The Labute approximate surface area is 120 Å². The Hall–Kier alpha value is -2.29. The third-order valence-corrected chi connectivity index (χ3v) is 3.64. The molecule has 2 rings (SSSR count). The van der Waals surface area contributed by atoms with Crippen molar-refractivity contribution < 1.29 is 19.7 Å². The first-order valence-corrected chi connectivity index (χ1v) is 6.58. The molecule has 0 saturated carbocycles. The zero-order valence-electron chi connectivity index (χ0n) is 10.7. The molecule has 0 aliphatic heterocycles. The second-order valence-corrected chi connectivity index (χ2v) is 4.93. The van der Waals surface area contributed by atoms with Crippen molar-refractivity contribution in [3.8, 4) is 28.0 Å². The van der Waals surface area contributed by atoms with Gasteiger partial charge in [0.15, 0.2) is 0 Å². The minimum atomic E-state index is -0.981. The van der Waals surface area contributed by atoms with Crippen molar-refractivity contribution >= 4 is 17.3 Å². The molecular formula is C15H12O4S. The fourth-order valence-electron chi connectivity index (χ4n) is 1.71. The molecule has 0 bridgehead atoms. The van der Waals surface area contributed by atoms with E-state index in [0.717, 1.165) is 15.3 Å². The largest absolute Gasteiger partial charge is 0.496 e. The lowest BCUT2D eigenvalue weighted by molar-refractivity contribution is 0.0697. The first kappa shape index (κ1) is 14.1. The SMILES string of the molecule is COc1ccc(C(=O)O)cc1-c1ccc(C#CCO)s1. The summed E-state index contributed by atoms with van der Waals surface area (Å²) in [6.45, 7) is -0.189. The van der Waals surface area contributed by atoms with E-state index < -0.39 is 5.97 Å². The average molecular weight is 288 g/mol. The zero-order valence-corrected chi connectivity index (χ0v) is 11.5. The third-order valence-electron chi connectivity index (χ3n) is 2.61. The summed E-state index contributed by atoms with van der Waals surface area (Å²) in [4.78, 5) is 12.7. The van der Waals surface area contributed by atoms with E-state index >= 15 is 0 Å². The van der Waals surface area contributed by atoms with Crippen LogP contribution in [0, 0.1) is 11.8 Å². The van der Waals surface area contributed by atoms with Crippen LogP contribution < -0.4 is 4.74 Å². The molecule has 0 atom stereocenters. The van der Waals surface area contributed by atoms with Crippen LogP contribution in [0.4, 0.5) is 0 Å².